The number of anilines is 2. The normalized spacial score (nSPS) is 10.4. The lowest BCUT2D eigenvalue weighted by Crippen LogP contribution is -2.12. The van der Waals surface area contributed by atoms with E-state index in [2.05, 4.69) is 37.2 Å². The Morgan fingerprint density at radius 1 is 1.10 bits per heavy atom. The average molecular weight is 398 g/mol. The number of benzene rings is 2. The molecule has 0 aliphatic rings. The van der Waals surface area contributed by atoms with Gasteiger partial charge in [0.15, 0.2) is 0 Å². The Hall–Kier alpha value is -1.33. The zero-order valence-electron chi connectivity index (χ0n) is 11.1. The first-order valence-corrected chi connectivity index (χ1v) is 7.60. The quantitative estimate of drug-likeness (QED) is 0.723. The average Bonchev–Trinajstić information content (AvgIpc) is 2.39. The Balaban J connectivity index is 2.25. The molecule has 0 heterocycles. The van der Waals surface area contributed by atoms with Crippen LogP contribution in [0.1, 0.15) is 21.5 Å². The number of hydrogen-bond acceptors (Lipinski definition) is 2. The first-order chi connectivity index (χ1) is 9.38. The Kier molecular flexibility index (Phi) is 4.50. The van der Waals surface area contributed by atoms with Crippen LogP contribution in [0.3, 0.4) is 0 Å². The van der Waals surface area contributed by atoms with Gasteiger partial charge in [-0.25, -0.2) is 0 Å². The van der Waals surface area contributed by atoms with Crippen LogP contribution < -0.4 is 11.1 Å². The molecule has 0 aliphatic heterocycles. The van der Waals surface area contributed by atoms with Gasteiger partial charge in [0.05, 0.1) is 0 Å². The summed E-state index contributed by atoms with van der Waals surface area (Å²) in [4.78, 5) is 12.2. The van der Waals surface area contributed by atoms with Crippen molar-refractivity contribution in [2.24, 2.45) is 0 Å². The molecule has 0 radical (unpaired) electrons. The van der Waals surface area contributed by atoms with E-state index in [9.17, 15) is 4.79 Å². The smallest absolute Gasteiger partial charge is 0.255 e. The van der Waals surface area contributed by atoms with Gasteiger partial charge in [0, 0.05) is 25.9 Å². The largest absolute Gasteiger partial charge is 0.398 e. The molecule has 0 fully saturated rings. The number of nitrogens with two attached hydrogens (primary N) is 1. The van der Waals surface area contributed by atoms with Crippen molar-refractivity contribution in [1.82, 2.24) is 0 Å². The summed E-state index contributed by atoms with van der Waals surface area (Å²) in [5, 5.41) is 2.89. The topological polar surface area (TPSA) is 55.1 Å². The molecule has 104 valence electrons. The molecule has 0 atom stereocenters. The predicted octanol–water partition coefficient (Wildman–Crippen LogP) is 4.66. The fraction of sp³-hybridized carbons (Fsp3) is 0.133. The number of carbonyl (C=O) groups excluding carboxylic acids is 1. The molecule has 3 N–H and O–H groups in total. The van der Waals surface area contributed by atoms with E-state index in [0.717, 1.165) is 21.3 Å². The zero-order valence-corrected chi connectivity index (χ0v) is 14.3. The maximum Gasteiger partial charge on any atom is 0.255 e. The van der Waals surface area contributed by atoms with E-state index in [0.29, 0.717) is 15.7 Å². The van der Waals surface area contributed by atoms with Gasteiger partial charge < -0.3 is 11.1 Å². The summed E-state index contributed by atoms with van der Waals surface area (Å²) in [5.41, 5.74) is 9.83. The summed E-state index contributed by atoms with van der Waals surface area (Å²) in [6.07, 6.45) is 0. The maximum atomic E-state index is 12.2. The predicted molar refractivity (Wildman–Crippen MR) is 90.1 cm³/mol. The Morgan fingerprint density at radius 3 is 2.25 bits per heavy atom. The minimum Gasteiger partial charge on any atom is -0.398 e. The van der Waals surface area contributed by atoms with Gasteiger partial charge in [-0.3, -0.25) is 4.79 Å². The van der Waals surface area contributed by atoms with E-state index in [4.69, 9.17) is 5.73 Å². The van der Waals surface area contributed by atoms with Crippen molar-refractivity contribution in [2.45, 2.75) is 13.8 Å². The van der Waals surface area contributed by atoms with Crippen molar-refractivity contribution in [3.05, 3.63) is 56.0 Å². The molecule has 0 bridgehead atoms. The number of nitrogens with one attached hydrogen (secondary N) is 1. The number of hydrogen-bond donors (Lipinski definition) is 2. The van der Waals surface area contributed by atoms with E-state index >= 15 is 0 Å². The molecule has 0 saturated carbocycles. The van der Waals surface area contributed by atoms with E-state index in [1.54, 1.807) is 18.2 Å². The fourth-order valence-electron chi connectivity index (χ4n) is 1.89. The van der Waals surface area contributed by atoms with Gasteiger partial charge in [0.2, 0.25) is 0 Å². The summed E-state index contributed by atoms with van der Waals surface area (Å²) in [5.74, 6) is -0.160. The Bertz CT molecular complexity index is 661. The van der Waals surface area contributed by atoms with Gasteiger partial charge in [-0.05, 0) is 71.2 Å². The third-order valence-corrected chi connectivity index (χ3v) is 4.89. The first-order valence-electron chi connectivity index (χ1n) is 6.01. The lowest BCUT2D eigenvalue weighted by Gasteiger charge is -2.10. The molecule has 0 spiro atoms. The van der Waals surface area contributed by atoms with Crippen molar-refractivity contribution in [1.29, 1.82) is 0 Å². The number of amides is 1. The SMILES string of the molecule is Cc1cc(NC(=O)c2ccc(N)c(Br)c2)cc(C)c1Br. The summed E-state index contributed by atoms with van der Waals surface area (Å²) in [6.45, 7) is 3.99. The number of carbonyl (C=O) groups is 1. The third-order valence-electron chi connectivity index (χ3n) is 2.96. The molecule has 2 rings (SSSR count). The highest BCUT2D eigenvalue weighted by molar-refractivity contribution is 9.11. The van der Waals surface area contributed by atoms with Gasteiger partial charge in [-0.1, -0.05) is 15.9 Å². The number of rotatable bonds is 2. The van der Waals surface area contributed by atoms with Gasteiger partial charge in [0.1, 0.15) is 0 Å². The van der Waals surface area contributed by atoms with Crippen LogP contribution in [0, 0.1) is 13.8 Å². The second-order valence-corrected chi connectivity index (χ2v) is 6.26. The highest BCUT2D eigenvalue weighted by Gasteiger charge is 2.09. The van der Waals surface area contributed by atoms with E-state index in [1.165, 1.54) is 0 Å². The van der Waals surface area contributed by atoms with E-state index in [1.807, 2.05) is 26.0 Å². The van der Waals surface area contributed by atoms with Gasteiger partial charge >= 0.3 is 0 Å². The zero-order chi connectivity index (χ0) is 14.9. The van der Waals surface area contributed by atoms with Crippen LogP contribution in [0.2, 0.25) is 0 Å². The summed E-state index contributed by atoms with van der Waals surface area (Å²) in [6, 6.07) is 8.98. The number of aryl methyl sites for hydroxylation is 2. The highest BCUT2D eigenvalue weighted by Crippen LogP contribution is 2.26. The first kappa shape index (κ1) is 15.1. The van der Waals surface area contributed by atoms with Crippen molar-refractivity contribution in [3.63, 3.8) is 0 Å². The van der Waals surface area contributed by atoms with Crippen LogP contribution in [0.5, 0.6) is 0 Å². The Morgan fingerprint density at radius 2 is 1.70 bits per heavy atom. The maximum absolute atomic E-state index is 12.2. The molecule has 5 heteroatoms. The van der Waals surface area contributed by atoms with Crippen molar-refractivity contribution in [2.75, 3.05) is 11.1 Å². The number of nitrogen functional groups attached to an aromatic ring is 1. The second kappa shape index (κ2) is 5.97. The fourth-order valence-corrected chi connectivity index (χ4v) is 2.50. The van der Waals surface area contributed by atoms with Crippen LogP contribution in [-0.4, -0.2) is 5.91 Å². The van der Waals surface area contributed by atoms with Gasteiger partial charge in [0.25, 0.3) is 5.91 Å². The molecule has 2 aromatic carbocycles. The standard InChI is InChI=1S/C15H14Br2N2O/c1-8-5-11(6-9(2)14(8)17)19-15(20)10-3-4-13(18)12(16)7-10/h3-7H,18H2,1-2H3,(H,19,20). The molecule has 3 nitrogen and oxygen atoms in total. The lowest BCUT2D eigenvalue weighted by atomic mass is 10.1. The minimum absolute atomic E-state index is 0.160. The molecular formula is C15H14Br2N2O. The molecule has 0 unspecified atom stereocenters. The van der Waals surface area contributed by atoms with Crippen molar-refractivity contribution < 1.29 is 4.79 Å². The van der Waals surface area contributed by atoms with Crippen LogP contribution in [-0.2, 0) is 0 Å². The molecule has 0 saturated heterocycles. The summed E-state index contributed by atoms with van der Waals surface area (Å²) < 4.78 is 1.78. The van der Waals surface area contributed by atoms with Crippen LogP contribution in [0.15, 0.2) is 39.3 Å². The van der Waals surface area contributed by atoms with Gasteiger partial charge in [-0.2, -0.15) is 0 Å². The molecular weight excluding hydrogens is 384 g/mol. The highest BCUT2D eigenvalue weighted by atomic mass is 79.9. The van der Waals surface area contributed by atoms with Crippen molar-refractivity contribution >= 4 is 49.1 Å². The molecule has 20 heavy (non-hydrogen) atoms. The van der Waals surface area contributed by atoms with Gasteiger partial charge in [-0.15, -0.1) is 0 Å². The third kappa shape index (κ3) is 3.22. The number of halogens is 2. The van der Waals surface area contributed by atoms with Crippen molar-refractivity contribution in [3.8, 4) is 0 Å². The molecule has 1 amide bonds. The lowest BCUT2D eigenvalue weighted by molar-refractivity contribution is 0.102. The van der Waals surface area contributed by atoms with Crippen LogP contribution >= 0.6 is 31.9 Å². The van der Waals surface area contributed by atoms with E-state index in [-0.39, 0.29) is 5.91 Å². The van der Waals surface area contributed by atoms with E-state index < -0.39 is 0 Å². The van der Waals surface area contributed by atoms with Crippen LogP contribution in [0.25, 0.3) is 0 Å². The monoisotopic (exact) mass is 396 g/mol. The second-order valence-electron chi connectivity index (χ2n) is 4.61. The molecule has 0 aliphatic carbocycles. The Labute approximate surface area is 134 Å². The summed E-state index contributed by atoms with van der Waals surface area (Å²) >= 11 is 6.83. The minimum atomic E-state index is -0.160. The molecule has 2 aromatic rings. The molecule has 0 aromatic heterocycles. The summed E-state index contributed by atoms with van der Waals surface area (Å²) in [7, 11) is 0. The van der Waals surface area contributed by atoms with Crippen LogP contribution in [0.4, 0.5) is 11.4 Å².